The first kappa shape index (κ1) is 29.7. The van der Waals surface area contributed by atoms with Crippen LogP contribution in [0.25, 0.3) is 10.8 Å². The molecule has 0 radical (unpaired) electrons. The van der Waals surface area contributed by atoms with E-state index in [-0.39, 0.29) is 29.9 Å². The summed E-state index contributed by atoms with van der Waals surface area (Å²) in [6, 6.07) is 15.0. The maximum atomic E-state index is 13.8. The Morgan fingerprint density at radius 2 is 1.77 bits per heavy atom. The molecule has 3 N–H and O–H groups in total. The molecule has 10 nitrogen and oxygen atoms in total. The summed E-state index contributed by atoms with van der Waals surface area (Å²) < 4.78 is 35.8. The SMILES string of the molecule is CC(C)CNS(=O)(=O)c1cc2c(c3cnc(C4CC4)cc13)[C@@H](NC(=O)c1cccnc1)C[C@H]2NC(=O)OCc1ccccc1. The average Bonchev–Trinajstić information content (AvgIpc) is 3.83. The predicted octanol–water partition coefficient (Wildman–Crippen LogP) is 5.28. The van der Waals surface area contributed by atoms with Gasteiger partial charge >= 0.3 is 6.09 Å². The van der Waals surface area contributed by atoms with Crippen molar-refractivity contribution in [2.75, 3.05) is 6.54 Å². The summed E-state index contributed by atoms with van der Waals surface area (Å²) >= 11 is 0. The van der Waals surface area contributed by atoms with Crippen molar-refractivity contribution in [3.05, 3.63) is 101 Å². The molecule has 6 rings (SSSR count). The summed E-state index contributed by atoms with van der Waals surface area (Å²) in [7, 11) is -3.92. The number of fused-ring (bicyclic) bond motifs is 3. The van der Waals surface area contributed by atoms with Gasteiger partial charge in [0.25, 0.3) is 5.91 Å². The highest BCUT2D eigenvalue weighted by Gasteiger charge is 2.38. The first-order valence-corrected chi connectivity index (χ1v) is 16.3. The van der Waals surface area contributed by atoms with E-state index in [9.17, 15) is 18.0 Å². The minimum Gasteiger partial charge on any atom is -0.445 e. The minimum absolute atomic E-state index is 0.0811. The topological polar surface area (TPSA) is 139 Å². The van der Waals surface area contributed by atoms with Gasteiger partial charge in [-0.25, -0.2) is 17.9 Å². The summed E-state index contributed by atoms with van der Waals surface area (Å²) in [6.07, 6.45) is 6.46. The van der Waals surface area contributed by atoms with Crippen LogP contribution in [0.2, 0.25) is 0 Å². The normalized spacial score (nSPS) is 17.8. The van der Waals surface area contributed by atoms with Crippen molar-refractivity contribution in [1.29, 1.82) is 0 Å². The number of aromatic nitrogens is 2. The van der Waals surface area contributed by atoms with Crippen molar-refractivity contribution in [2.24, 2.45) is 5.92 Å². The quantitative estimate of drug-likeness (QED) is 0.221. The van der Waals surface area contributed by atoms with E-state index in [4.69, 9.17) is 9.72 Å². The summed E-state index contributed by atoms with van der Waals surface area (Å²) in [5.41, 5.74) is 3.40. The largest absolute Gasteiger partial charge is 0.445 e. The van der Waals surface area contributed by atoms with Gasteiger partial charge in [0, 0.05) is 47.5 Å². The monoisotopic (exact) mass is 613 g/mol. The lowest BCUT2D eigenvalue weighted by Gasteiger charge is -2.19. The molecule has 2 amide bonds. The standard InChI is InChI=1S/C33H35N5O5S/c1-20(2)16-36-44(41,42)30-14-25-28(38-33(40)43-19-21-7-4-3-5-8-21)15-29(37-32(39)23-9-6-12-34-17-23)31(25)26-18-35-27(13-24(26)30)22-10-11-22/h3-9,12-14,17-18,20,22,28-29,36H,10-11,15-16,19H2,1-2H3,(H,37,39)(H,38,40)/t28-,29+/m1/s1. The number of benzene rings is 2. The second-order valence-electron chi connectivity index (χ2n) is 11.8. The van der Waals surface area contributed by atoms with E-state index in [1.807, 2.05) is 50.2 Å². The van der Waals surface area contributed by atoms with E-state index >= 15 is 0 Å². The number of alkyl carbamates (subject to hydrolysis) is 1. The van der Waals surface area contributed by atoms with Crippen molar-refractivity contribution in [3.63, 3.8) is 0 Å². The molecule has 44 heavy (non-hydrogen) atoms. The number of carbonyl (C=O) groups excluding carboxylic acids is 2. The Kier molecular flexibility index (Phi) is 8.33. The maximum Gasteiger partial charge on any atom is 0.407 e. The van der Waals surface area contributed by atoms with Gasteiger partial charge in [-0.2, -0.15) is 0 Å². The Balaban J connectivity index is 1.41. The van der Waals surface area contributed by atoms with Crippen LogP contribution in [-0.2, 0) is 21.4 Å². The highest BCUT2D eigenvalue weighted by Crippen LogP contribution is 2.47. The number of carbonyl (C=O) groups is 2. The number of nitrogens with zero attached hydrogens (tertiary/aromatic N) is 2. The molecule has 0 saturated heterocycles. The lowest BCUT2D eigenvalue weighted by molar-refractivity contribution is 0.0935. The Bertz CT molecular complexity index is 1790. The third kappa shape index (κ3) is 6.44. The van der Waals surface area contributed by atoms with E-state index in [2.05, 4.69) is 20.3 Å². The second-order valence-corrected chi connectivity index (χ2v) is 13.5. The van der Waals surface area contributed by atoms with Crippen molar-refractivity contribution in [2.45, 2.75) is 62.6 Å². The highest BCUT2D eigenvalue weighted by molar-refractivity contribution is 7.89. The van der Waals surface area contributed by atoms with Crippen LogP contribution in [0.4, 0.5) is 4.79 Å². The smallest absolute Gasteiger partial charge is 0.407 e. The molecule has 2 aliphatic carbocycles. The zero-order chi connectivity index (χ0) is 30.8. The van der Waals surface area contributed by atoms with E-state index in [1.54, 1.807) is 30.6 Å². The number of amides is 2. The fourth-order valence-corrected chi connectivity index (χ4v) is 7.04. The minimum atomic E-state index is -3.92. The molecule has 1 saturated carbocycles. The fraction of sp³-hybridized carbons (Fsp3) is 0.333. The van der Waals surface area contributed by atoms with E-state index < -0.39 is 28.2 Å². The van der Waals surface area contributed by atoms with Crippen LogP contribution in [0, 0.1) is 5.92 Å². The first-order valence-electron chi connectivity index (χ1n) is 14.8. The fourth-order valence-electron chi connectivity index (χ4n) is 5.59. The second kappa shape index (κ2) is 12.3. The Labute approximate surface area is 256 Å². The third-order valence-corrected chi connectivity index (χ3v) is 9.44. The van der Waals surface area contributed by atoms with Gasteiger partial charge in [-0.05, 0) is 66.1 Å². The van der Waals surface area contributed by atoms with Crippen LogP contribution >= 0.6 is 0 Å². The highest BCUT2D eigenvalue weighted by atomic mass is 32.2. The first-order chi connectivity index (χ1) is 21.2. The number of pyridine rings is 2. The molecule has 2 aromatic carbocycles. The maximum absolute atomic E-state index is 13.8. The number of ether oxygens (including phenoxy) is 1. The number of sulfonamides is 1. The van der Waals surface area contributed by atoms with Gasteiger partial charge in [-0.15, -0.1) is 0 Å². The van der Waals surface area contributed by atoms with Crippen molar-refractivity contribution in [3.8, 4) is 0 Å². The molecule has 2 aromatic heterocycles. The van der Waals surface area contributed by atoms with Gasteiger partial charge in [0.2, 0.25) is 10.0 Å². The third-order valence-electron chi connectivity index (χ3n) is 7.97. The molecular weight excluding hydrogens is 578 g/mol. The lowest BCUT2D eigenvalue weighted by Crippen LogP contribution is -2.30. The van der Waals surface area contributed by atoms with Crippen LogP contribution in [0.5, 0.6) is 0 Å². The molecule has 2 atom stereocenters. The molecule has 2 aliphatic rings. The van der Waals surface area contributed by atoms with Crippen LogP contribution in [-0.4, -0.2) is 36.9 Å². The summed E-state index contributed by atoms with van der Waals surface area (Å²) in [5.74, 6) is 0.0871. The number of nitrogens with one attached hydrogen (secondary N) is 3. The van der Waals surface area contributed by atoms with Gasteiger partial charge in [-0.3, -0.25) is 14.8 Å². The molecule has 0 unspecified atom stereocenters. The average molecular weight is 614 g/mol. The molecule has 2 heterocycles. The van der Waals surface area contributed by atoms with Crippen LogP contribution in [0.1, 0.15) is 83.9 Å². The number of hydrogen-bond donors (Lipinski definition) is 3. The molecule has 0 spiro atoms. The van der Waals surface area contributed by atoms with Gasteiger partial charge < -0.3 is 15.4 Å². The van der Waals surface area contributed by atoms with Crippen molar-refractivity contribution < 1.29 is 22.7 Å². The molecule has 11 heteroatoms. The van der Waals surface area contributed by atoms with Crippen molar-refractivity contribution in [1.82, 2.24) is 25.3 Å². The molecule has 1 fully saturated rings. The van der Waals surface area contributed by atoms with E-state index in [0.717, 1.165) is 29.7 Å². The zero-order valence-electron chi connectivity index (χ0n) is 24.6. The van der Waals surface area contributed by atoms with Gasteiger partial charge in [0.15, 0.2) is 0 Å². The molecule has 0 bridgehead atoms. The van der Waals surface area contributed by atoms with E-state index in [0.29, 0.717) is 34.2 Å². The summed E-state index contributed by atoms with van der Waals surface area (Å²) in [6.45, 7) is 4.24. The van der Waals surface area contributed by atoms with Gasteiger partial charge in [0.1, 0.15) is 6.61 Å². The Morgan fingerprint density at radius 3 is 2.48 bits per heavy atom. The van der Waals surface area contributed by atoms with Gasteiger partial charge in [-0.1, -0.05) is 44.2 Å². The molecule has 0 aliphatic heterocycles. The van der Waals surface area contributed by atoms with Crippen LogP contribution in [0.3, 0.4) is 0 Å². The van der Waals surface area contributed by atoms with E-state index in [1.165, 1.54) is 6.20 Å². The molecule has 228 valence electrons. The number of hydrogen-bond acceptors (Lipinski definition) is 7. The van der Waals surface area contributed by atoms with Gasteiger partial charge in [0.05, 0.1) is 22.5 Å². The molecule has 4 aromatic rings. The summed E-state index contributed by atoms with van der Waals surface area (Å²) in [4.78, 5) is 35.2. The van der Waals surface area contributed by atoms with Crippen molar-refractivity contribution >= 4 is 32.8 Å². The predicted molar refractivity (Wildman–Crippen MR) is 165 cm³/mol. The Hall–Kier alpha value is -4.35. The zero-order valence-corrected chi connectivity index (χ0v) is 25.4. The van der Waals surface area contributed by atoms with Crippen LogP contribution < -0.4 is 15.4 Å². The van der Waals surface area contributed by atoms with Crippen LogP contribution in [0.15, 0.2) is 78.1 Å². The number of rotatable bonds is 10. The Morgan fingerprint density at radius 1 is 0.977 bits per heavy atom. The summed E-state index contributed by atoms with van der Waals surface area (Å²) in [5, 5.41) is 7.18. The molecular formula is C33H35N5O5S. The lowest BCUT2D eigenvalue weighted by atomic mass is 9.98.